The van der Waals surface area contributed by atoms with E-state index in [0.717, 1.165) is 24.8 Å². The van der Waals surface area contributed by atoms with E-state index >= 15 is 0 Å². The largest absolute Gasteiger partial charge is 0.349 e. The first-order valence-corrected chi connectivity index (χ1v) is 7.85. The Hall–Kier alpha value is -1.88. The van der Waals surface area contributed by atoms with Crippen LogP contribution in [0.25, 0.3) is 0 Å². The van der Waals surface area contributed by atoms with Crippen LogP contribution in [0.15, 0.2) is 18.2 Å². The molecule has 0 saturated heterocycles. The van der Waals surface area contributed by atoms with Crippen molar-refractivity contribution in [2.24, 2.45) is 5.73 Å². The Morgan fingerprint density at radius 2 is 2.05 bits per heavy atom. The second kappa shape index (κ2) is 6.48. The first-order chi connectivity index (χ1) is 10.3. The standard InChI is InChI=1S/C17H25N3O2/c1-4-9-17(3,18)16(22)20-14-10-12(6-5-11(14)2)15(21)19-13-7-8-13/h5-6,10,13H,4,7-9,18H2,1-3H3,(H,19,21)(H,20,22). The summed E-state index contributed by atoms with van der Waals surface area (Å²) < 4.78 is 0. The zero-order valence-electron chi connectivity index (χ0n) is 13.5. The number of nitrogens with two attached hydrogens (primary N) is 1. The van der Waals surface area contributed by atoms with E-state index < -0.39 is 5.54 Å². The molecular weight excluding hydrogens is 278 g/mol. The second-order valence-corrected chi connectivity index (χ2v) is 6.40. The van der Waals surface area contributed by atoms with Crippen molar-refractivity contribution >= 4 is 17.5 Å². The lowest BCUT2D eigenvalue weighted by molar-refractivity contribution is -0.120. The number of rotatable bonds is 6. The quantitative estimate of drug-likeness (QED) is 0.754. The summed E-state index contributed by atoms with van der Waals surface area (Å²) in [6.45, 7) is 5.61. The minimum atomic E-state index is -0.909. The predicted molar refractivity (Wildman–Crippen MR) is 87.8 cm³/mol. The summed E-state index contributed by atoms with van der Waals surface area (Å²) in [5, 5.41) is 5.80. The number of aryl methyl sites for hydroxylation is 1. The number of carbonyl (C=O) groups is 2. The van der Waals surface area contributed by atoms with E-state index in [4.69, 9.17) is 5.73 Å². The summed E-state index contributed by atoms with van der Waals surface area (Å²) in [6.07, 6.45) is 3.54. The van der Waals surface area contributed by atoms with E-state index in [9.17, 15) is 9.59 Å². The molecule has 1 aliphatic carbocycles. The number of anilines is 1. The van der Waals surface area contributed by atoms with E-state index in [-0.39, 0.29) is 11.8 Å². The Bertz CT molecular complexity index is 577. The molecule has 120 valence electrons. The first-order valence-electron chi connectivity index (χ1n) is 7.85. The van der Waals surface area contributed by atoms with Crippen LogP contribution in [0.1, 0.15) is 55.5 Å². The fourth-order valence-corrected chi connectivity index (χ4v) is 2.29. The Labute approximate surface area is 131 Å². The zero-order chi connectivity index (χ0) is 16.3. The SMILES string of the molecule is CCCC(C)(N)C(=O)Nc1cc(C(=O)NC2CC2)ccc1C. The number of benzene rings is 1. The molecule has 1 aliphatic rings. The van der Waals surface area contributed by atoms with Crippen LogP contribution >= 0.6 is 0 Å². The van der Waals surface area contributed by atoms with Crippen LogP contribution < -0.4 is 16.4 Å². The Morgan fingerprint density at radius 3 is 2.64 bits per heavy atom. The van der Waals surface area contributed by atoms with E-state index in [1.807, 2.05) is 19.9 Å². The lowest BCUT2D eigenvalue weighted by Gasteiger charge is -2.23. The molecule has 5 nitrogen and oxygen atoms in total. The summed E-state index contributed by atoms with van der Waals surface area (Å²) in [5.74, 6) is -0.320. The zero-order valence-corrected chi connectivity index (χ0v) is 13.5. The Balaban J connectivity index is 2.12. The number of nitrogens with one attached hydrogen (secondary N) is 2. The molecule has 0 spiro atoms. The molecule has 1 unspecified atom stereocenters. The molecule has 1 aromatic rings. The van der Waals surface area contributed by atoms with Crippen LogP contribution in [0, 0.1) is 6.92 Å². The highest BCUT2D eigenvalue weighted by Gasteiger charge is 2.28. The number of hydrogen-bond donors (Lipinski definition) is 3. The first kappa shape index (κ1) is 16.5. The molecule has 1 fully saturated rings. The molecule has 1 saturated carbocycles. The molecule has 0 bridgehead atoms. The van der Waals surface area contributed by atoms with Gasteiger partial charge in [-0.05, 0) is 50.8 Å². The topological polar surface area (TPSA) is 84.2 Å². The lowest BCUT2D eigenvalue weighted by Crippen LogP contribution is -2.48. The third-order valence-electron chi connectivity index (χ3n) is 3.95. The molecule has 2 amide bonds. The van der Waals surface area contributed by atoms with Crippen molar-refractivity contribution in [1.29, 1.82) is 0 Å². The normalized spacial score (nSPS) is 16.7. The number of amides is 2. The van der Waals surface area contributed by atoms with Gasteiger partial charge in [0, 0.05) is 17.3 Å². The maximum absolute atomic E-state index is 12.3. The highest BCUT2D eigenvalue weighted by molar-refractivity contribution is 6.00. The van der Waals surface area contributed by atoms with Gasteiger partial charge in [-0.2, -0.15) is 0 Å². The fraction of sp³-hybridized carbons (Fsp3) is 0.529. The highest BCUT2D eigenvalue weighted by atomic mass is 16.2. The van der Waals surface area contributed by atoms with Gasteiger partial charge in [-0.3, -0.25) is 9.59 Å². The van der Waals surface area contributed by atoms with Gasteiger partial charge < -0.3 is 16.4 Å². The molecule has 0 heterocycles. The van der Waals surface area contributed by atoms with E-state index in [0.29, 0.717) is 23.7 Å². The maximum atomic E-state index is 12.3. The average Bonchev–Trinajstić information content (AvgIpc) is 3.24. The summed E-state index contributed by atoms with van der Waals surface area (Å²) in [7, 11) is 0. The van der Waals surface area contributed by atoms with Crippen LogP contribution in [0.2, 0.25) is 0 Å². The van der Waals surface area contributed by atoms with Gasteiger partial charge in [0.25, 0.3) is 5.91 Å². The van der Waals surface area contributed by atoms with E-state index in [1.54, 1.807) is 19.1 Å². The van der Waals surface area contributed by atoms with Gasteiger partial charge in [0.05, 0.1) is 5.54 Å². The minimum Gasteiger partial charge on any atom is -0.349 e. The van der Waals surface area contributed by atoms with Crippen LogP contribution in [-0.2, 0) is 4.79 Å². The average molecular weight is 303 g/mol. The number of carbonyl (C=O) groups excluding carboxylic acids is 2. The summed E-state index contributed by atoms with van der Waals surface area (Å²) in [5.41, 5.74) is 7.24. The van der Waals surface area contributed by atoms with Gasteiger partial charge in [-0.15, -0.1) is 0 Å². The van der Waals surface area contributed by atoms with E-state index in [1.165, 1.54) is 0 Å². The smallest absolute Gasteiger partial charge is 0.251 e. The summed E-state index contributed by atoms with van der Waals surface area (Å²) in [6, 6.07) is 5.64. The molecule has 4 N–H and O–H groups in total. The second-order valence-electron chi connectivity index (χ2n) is 6.40. The summed E-state index contributed by atoms with van der Waals surface area (Å²) >= 11 is 0. The van der Waals surface area contributed by atoms with Crippen molar-refractivity contribution in [3.63, 3.8) is 0 Å². The lowest BCUT2D eigenvalue weighted by atomic mass is 9.96. The molecular formula is C17H25N3O2. The van der Waals surface area contributed by atoms with Crippen molar-refractivity contribution in [3.8, 4) is 0 Å². The van der Waals surface area contributed by atoms with Gasteiger partial charge in [0.1, 0.15) is 0 Å². The van der Waals surface area contributed by atoms with Crippen LogP contribution in [0.4, 0.5) is 5.69 Å². The Kier molecular flexibility index (Phi) is 4.86. The van der Waals surface area contributed by atoms with Crippen molar-refractivity contribution in [3.05, 3.63) is 29.3 Å². The van der Waals surface area contributed by atoms with Gasteiger partial charge in [-0.1, -0.05) is 19.4 Å². The van der Waals surface area contributed by atoms with Gasteiger partial charge in [-0.25, -0.2) is 0 Å². The van der Waals surface area contributed by atoms with Crippen molar-refractivity contribution in [2.45, 2.75) is 58.0 Å². The molecule has 1 aromatic carbocycles. The number of hydrogen-bond acceptors (Lipinski definition) is 3. The molecule has 0 radical (unpaired) electrons. The van der Waals surface area contributed by atoms with Gasteiger partial charge in [0.2, 0.25) is 5.91 Å². The van der Waals surface area contributed by atoms with Crippen LogP contribution in [-0.4, -0.2) is 23.4 Å². The van der Waals surface area contributed by atoms with Crippen molar-refractivity contribution < 1.29 is 9.59 Å². The highest BCUT2D eigenvalue weighted by Crippen LogP contribution is 2.22. The third kappa shape index (κ3) is 4.07. The molecule has 0 aliphatic heterocycles. The molecule has 1 atom stereocenters. The van der Waals surface area contributed by atoms with Crippen LogP contribution in [0.3, 0.4) is 0 Å². The minimum absolute atomic E-state index is 0.0953. The Morgan fingerprint density at radius 1 is 1.36 bits per heavy atom. The predicted octanol–water partition coefficient (Wildman–Crippen LogP) is 2.34. The monoisotopic (exact) mass is 303 g/mol. The molecule has 22 heavy (non-hydrogen) atoms. The van der Waals surface area contributed by atoms with Crippen molar-refractivity contribution in [2.75, 3.05) is 5.32 Å². The van der Waals surface area contributed by atoms with E-state index in [2.05, 4.69) is 10.6 Å². The van der Waals surface area contributed by atoms with Crippen LogP contribution in [0.5, 0.6) is 0 Å². The molecule has 2 rings (SSSR count). The maximum Gasteiger partial charge on any atom is 0.251 e. The van der Waals surface area contributed by atoms with Gasteiger partial charge in [0.15, 0.2) is 0 Å². The fourth-order valence-electron chi connectivity index (χ4n) is 2.29. The van der Waals surface area contributed by atoms with Gasteiger partial charge >= 0.3 is 0 Å². The molecule has 0 aromatic heterocycles. The van der Waals surface area contributed by atoms with Crippen molar-refractivity contribution in [1.82, 2.24) is 5.32 Å². The third-order valence-corrected chi connectivity index (χ3v) is 3.95. The molecule has 5 heteroatoms. The summed E-state index contributed by atoms with van der Waals surface area (Å²) in [4.78, 5) is 24.4.